The first-order chi connectivity index (χ1) is 7.28. The van der Waals surface area contributed by atoms with Crippen molar-refractivity contribution in [1.82, 2.24) is 4.90 Å². The molecule has 0 N–H and O–H groups in total. The predicted octanol–water partition coefficient (Wildman–Crippen LogP) is 1.81. The number of likely N-dealkylation sites (tertiary alicyclic amines) is 1. The lowest BCUT2D eigenvalue weighted by molar-refractivity contribution is -0.149. The lowest BCUT2D eigenvalue weighted by Gasteiger charge is -2.51. The molecule has 0 bridgehead atoms. The maximum absolute atomic E-state index is 10.2. The summed E-state index contributed by atoms with van der Waals surface area (Å²) in [4.78, 5) is 12.7. The van der Waals surface area contributed by atoms with Crippen LogP contribution in [0.15, 0.2) is 0 Å². The summed E-state index contributed by atoms with van der Waals surface area (Å²) >= 11 is 0. The van der Waals surface area contributed by atoms with Crippen LogP contribution in [0.3, 0.4) is 0 Å². The number of carbonyl (C=O) groups is 1. The molecule has 1 heterocycles. The molecule has 0 atom stereocenters. The van der Waals surface area contributed by atoms with E-state index in [-0.39, 0.29) is 6.10 Å². The zero-order valence-electron chi connectivity index (χ0n) is 9.58. The van der Waals surface area contributed by atoms with Gasteiger partial charge in [0.2, 0.25) is 0 Å². The Labute approximate surface area is 91.8 Å². The normalized spacial score (nSPS) is 26.2. The summed E-state index contributed by atoms with van der Waals surface area (Å²) < 4.78 is 4.99. The maximum atomic E-state index is 10.2. The van der Waals surface area contributed by atoms with E-state index in [1.165, 1.54) is 38.9 Å². The van der Waals surface area contributed by atoms with Crippen LogP contribution in [-0.4, -0.2) is 37.1 Å². The Hall–Kier alpha value is -0.570. The Morgan fingerprint density at radius 3 is 2.60 bits per heavy atom. The molecule has 1 saturated carbocycles. The fourth-order valence-corrected chi connectivity index (χ4v) is 3.06. The van der Waals surface area contributed by atoms with Crippen molar-refractivity contribution in [2.45, 2.75) is 45.1 Å². The smallest absolute Gasteiger partial charge is 0.293 e. The van der Waals surface area contributed by atoms with Crippen LogP contribution in [0.1, 0.15) is 39.0 Å². The average Bonchev–Trinajstić information content (AvgIpc) is 2.19. The molecule has 0 aromatic carbocycles. The number of hydrogen-bond donors (Lipinski definition) is 0. The molecule has 0 aromatic rings. The van der Waals surface area contributed by atoms with Gasteiger partial charge in [-0.05, 0) is 57.2 Å². The first-order valence-electron chi connectivity index (χ1n) is 6.09. The first-order valence-corrected chi connectivity index (χ1v) is 6.09. The van der Waals surface area contributed by atoms with Crippen molar-refractivity contribution < 1.29 is 9.53 Å². The topological polar surface area (TPSA) is 29.5 Å². The summed E-state index contributed by atoms with van der Waals surface area (Å²) in [5.74, 6) is 0. The number of ether oxygens (including phenoxy) is 1. The van der Waals surface area contributed by atoms with Gasteiger partial charge >= 0.3 is 0 Å². The Morgan fingerprint density at radius 1 is 1.40 bits per heavy atom. The highest BCUT2D eigenvalue weighted by atomic mass is 16.5. The third-order valence-corrected chi connectivity index (χ3v) is 4.03. The molecule has 2 rings (SSSR count). The summed E-state index contributed by atoms with van der Waals surface area (Å²) in [6.07, 6.45) is 6.28. The van der Waals surface area contributed by atoms with E-state index in [0.717, 1.165) is 12.8 Å². The summed E-state index contributed by atoms with van der Waals surface area (Å²) in [6.45, 7) is 6.55. The fourth-order valence-electron chi connectivity index (χ4n) is 3.06. The molecule has 2 aliphatic rings. The standard InChI is InChI=1S/C12H21NO2/c1-2-5-13-6-3-12(4-7-13)8-11(9-12)15-10-14/h10-11H,2-9H2,1H3. The number of piperidine rings is 1. The predicted molar refractivity (Wildman–Crippen MR) is 58.6 cm³/mol. The Balaban J connectivity index is 1.73. The van der Waals surface area contributed by atoms with Gasteiger partial charge in [0, 0.05) is 0 Å². The zero-order valence-corrected chi connectivity index (χ0v) is 9.58. The lowest BCUT2D eigenvalue weighted by atomic mass is 9.61. The molecule has 0 aromatic heterocycles. The summed E-state index contributed by atoms with van der Waals surface area (Å²) in [6, 6.07) is 0. The largest absolute Gasteiger partial charge is 0.465 e. The molecule has 1 aliphatic carbocycles. The van der Waals surface area contributed by atoms with Crippen LogP contribution in [-0.2, 0) is 9.53 Å². The fraction of sp³-hybridized carbons (Fsp3) is 0.917. The molecule has 1 aliphatic heterocycles. The van der Waals surface area contributed by atoms with Gasteiger partial charge in [0.25, 0.3) is 6.47 Å². The average molecular weight is 211 g/mol. The SMILES string of the molecule is CCCN1CCC2(CC1)CC(OC=O)C2. The number of carbonyl (C=O) groups excluding carboxylic acids is 1. The van der Waals surface area contributed by atoms with Gasteiger partial charge in [0.05, 0.1) is 0 Å². The van der Waals surface area contributed by atoms with Crippen molar-refractivity contribution in [3.63, 3.8) is 0 Å². The molecule has 15 heavy (non-hydrogen) atoms. The third-order valence-electron chi connectivity index (χ3n) is 4.03. The third kappa shape index (κ3) is 2.33. The van der Waals surface area contributed by atoms with Crippen molar-refractivity contribution in [2.75, 3.05) is 19.6 Å². The van der Waals surface area contributed by atoms with Crippen LogP contribution in [0.2, 0.25) is 0 Å². The molecule has 1 saturated heterocycles. The second-order valence-electron chi connectivity index (χ2n) is 5.10. The minimum Gasteiger partial charge on any atom is -0.465 e. The maximum Gasteiger partial charge on any atom is 0.293 e. The van der Waals surface area contributed by atoms with Crippen LogP contribution < -0.4 is 0 Å². The minimum atomic E-state index is 0.222. The van der Waals surface area contributed by atoms with Crippen molar-refractivity contribution >= 4 is 6.47 Å². The van der Waals surface area contributed by atoms with Crippen LogP contribution >= 0.6 is 0 Å². The van der Waals surface area contributed by atoms with Gasteiger partial charge in [-0.25, -0.2) is 0 Å². The molecule has 0 radical (unpaired) electrons. The highest BCUT2D eigenvalue weighted by Crippen LogP contribution is 2.50. The molecule has 2 fully saturated rings. The van der Waals surface area contributed by atoms with Gasteiger partial charge in [-0.15, -0.1) is 0 Å². The summed E-state index contributed by atoms with van der Waals surface area (Å²) in [7, 11) is 0. The van der Waals surface area contributed by atoms with Crippen molar-refractivity contribution in [1.29, 1.82) is 0 Å². The van der Waals surface area contributed by atoms with Crippen LogP contribution in [0.5, 0.6) is 0 Å². The van der Waals surface area contributed by atoms with Gasteiger partial charge in [0.1, 0.15) is 6.10 Å². The van der Waals surface area contributed by atoms with E-state index in [1.54, 1.807) is 0 Å². The van der Waals surface area contributed by atoms with Gasteiger partial charge in [-0.1, -0.05) is 6.92 Å². The van der Waals surface area contributed by atoms with Crippen LogP contribution in [0.4, 0.5) is 0 Å². The second-order valence-corrected chi connectivity index (χ2v) is 5.10. The lowest BCUT2D eigenvalue weighted by Crippen LogP contribution is -2.49. The number of nitrogens with zero attached hydrogens (tertiary/aromatic N) is 1. The molecule has 0 unspecified atom stereocenters. The van der Waals surface area contributed by atoms with Crippen LogP contribution in [0, 0.1) is 5.41 Å². The van der Waals surface area contributed by atoms with E-state index >= 15 is 0 Å². The molecule has 3 heteroatoms. The van der Waals surface area contributed by atoms with Crippen molar-refractivity contribution in [3.05, 3.63) is 0 Å². The van der Waals surface area contributed by atoms with Crippen LogP contribution in [0.25, 0.3) is 0 Å². The van der Waals surface area contributed by atoms with E-state index < -0.39 is 0 Å². The van der Waals surface area contributed by atoms with Crippen molar-refractivity contribution in [2.24, 2.45) is 5.41 Å². The summed E-state index contributed by atoms with van der Waals surface area (Å²) in [5, 5.41) is 0. The second kappa shape index (κ2) is 4.52. The van der Waals surface area contributed by atoms with Gasteiger partial charge in [0.15, 0.2) is 0 Å². The Kier molecular flexibility index (Phi) is 3.29. The zero-order chi connectivity index (χ0) is 10.7. The molecule has 0 amide bonds. The summed E-state index contributed by atoms with van der Waals surface area (Å²) in [5.41, 5.74) is 0.526. The molecule has 1 spiro atoms. The number of hydrogen-bond acceptors (Lipinski definition) is 3. The van der Waals surface area contributed by atoms with E-state index in [4.69, 9.17) is 4.74 Å². The van der Waals surface area contributed by atoms with E-state index in [9.17, 15) is 4.79 Å². The van der Waals surface area contributed by atoms with Crippen molar-refractivity contribution in [3.8, 4) is 0 Å². The molecular formula is C12H21NO2. The quantitative estimate of drug-likeness (QED) is 0.664. The highest BCUT2D eigenvalue weighted by Gasteiger charge is 2.46. The van der Waals surface area contributed by atoms with E-state index in [2.05, 4.69) is 11.8 Å². The van der Waals surface area contributed by atoms with Gasteiger partial charge in [-0.3, -0.25) is 4.79 Å². The molecular weight excluding hydrogens is 190 g/mol. The molecule has 86 valence electrons. The first kappa shape index (κ1) is 10.9. The minimum absolute atomic E-state index is 0.222. The van der Waals surface area contributed by atoms with E-state index in [0.29, 0.717) is 11.9 Å². The Bertz CT molecular complexity index is 214. The highest BCUT2D eigenvalue weighted by molar-refractivity contribution is 5.37. The van der Waals surface area contributed by atoms with Gasteiger partial charge < -0.3 is 9.64 Å². The van der Waals surface area contributed by atoms with Gasteiger partial charge in [-0.2, -0.15) is 0 Å². The monoisotopic (exact) mass is 211 g/mol. The van der Waals surface area contributed by atoms with E-state index in [1.807, 2.05) is 0 Å². The number of rotatable bonds is 4. The molecule has 3 nitrogen and oxygen atoms in total. The Morgan fingerprint density at radius 2 is 2.07 bits per heavy atom.